The predicted octanol–water partition coefficient (Wildman–Crippen LogP) is 13.2. The minimum Gasteiger partial charge on any atom is -0.309 e. The van der Waals surface area contributed by atoms with Crippen LogP contribution in [0.5, 0.6) is 0 Å². The summed E-state index contributed by atoms with van der Waals surface area (Å²) in [5.74, 6) is 0. The molecule has 5 heteroatoms. The van der Waals surface area contributed by atoms with E-state index in [1.54, 1.807) is 0 Å². The van der Waals surface area contributed by atoms with Gasteiger partial charge in [-0.3, -0.25) is 4.99 Å². The van der Waals surface area contributed by atoms with Crippen molar-refractivity contribution in [2.24, 2.45) is 4.99 Å². The molecule has 0 aliphatic carbocycles. The van der Waals surface area contributed by atoms with Crippen molar-refractivity contribution in [3.63, 3.8) is 0 Å². The summed E-state index contributed by atoms with van der Waals surface area (Å²) in [4.78, 5) is 6.95. The quantitative estimate of drug-likeness (QED) is 0.175. The van der Waals surface area contributed by atoms with Gasteiger partial charge in [0.25, 0.3) is 0 Å². The van der Waals surface area contributed by atoms with Crippen LogP contribution in [0.1, 0.15) is 33.4 Å². The molecule has 58 heavy (non-hydrogen) atoms. The average Bonchev–Trinajstić information content (AvgIpc) is 3.81. The first kappa shape index (κ1) is 33.0. The molecule has 1 spiro atoms. The lowest BCUT2D eigenvalue weighted by Gasteiger charge is -2.45. The third-order valence-corrected chi connectivity index (χ3v) is 13.5. The largest absolute Gasteiger partial charge is 0.309 e. The second-order valence-electron chi connectivity index (χ2n) is 15.1. The SMILES string of the molecule is C=N/C(=C\C(=N)c1ccccc1)c1cccc(-n2c3ccccc3c3ccc4c(c32)Sc2ccccc2C42c3ccccc3-n3c4ccccc4c4cccc2c43)c1. The second kappa shape index (κ2) is 12.4. The summed E-state index contributed by atoms with van der Waals surface area (Å²) in [6.07, 6.45) is 1.81. The van der Waals surface area contributed by atoms with E-state index in [1.165, 1.54) is 75.8 Å². The minimum absolute atomic E-state index is 0.390. The molecule has 4 heterocycles. The van der Waals surface area contributed by atoms with Gasteiger partial charge in [0.1, 0.15) is 0 Å². The van der Waals surface area contributed by atoms with E-state index in [9.17, 15) is 0 Å². The minimum atomic E-state index is -0.588. The molecule has 0 radical (unpaired) electrons. The van der Waals surface area contributed by atoms with Crippen molar-refractivity contribution in [3.05, 3.63) is 221 Å². The van der Waals surface area contributed by atoms with Gasteiger partial charge in [-0.05, 0) is 77.0 Å². The van der Waals surface area contributed by atoms with Crippen molar-refractivity contribution in [2.45, 2.75) is 15.2 Å². The summed E-state index contributed by atoms with van der Waals surface area (Å²) in [5.41, 5.74) is 14.4. The van der Waals surface area contributed by atoms with Crippen molar-refractivity contribution >= 4 is 73.5 Å². The van der Waals surface area contributed by atoms with Crippen molar-refractivity contribution in [1.82, 2.24) is 9.13 Å². The van der Waals surface area contributed by atoms with Crippen molar-refractivity contribution < 1.29 is 0 Å². The highest BCUT2D eigenvalue weighted by atomic mass is 32.2. The van der Waals surface area contributed by atoms with Crippen LogP contribution in [0, 0.1) is 5.41 Å². The molecule has 0 saturated carbocycles. The predicted molar refractivity (Wildman–Crippen MR) is 242 cm³/mol. The Balaban J connectivity index is 1.18. The van der Waals surface area contributed by atoms with E-state index >= 15 is 0 Å². The number of rotatable bonds is 5. The molecule has 2 aliphatic heterocycles. The zero-order valence-corrected chi connectivity index (χ0v) is 32.2. The highest BCUT2D eigenvalue weighted by molar-refractivity contribution is 7.99. The number of fused-ring (bicyclic) bond motifs is 15. The average molecular weight is 759 g/mol. The third kappa shape index (κ3) is 4.36. The number of aromatic nitrogens is 2. The number of aliphatic imine (C=N–C) groups is 1. The summed E-state index contributed by atoms with van der Waals surface area (Å²) < 4.78 is 4.94. The Kier molecular flexibility index (Phi) is 7.05. The molecule has 1 N–H and O–H groups in total. The third-order valence-electron chi connectivity index (χ3n) is 12.3. The molecular weight excluding hydrogens is 725 g/mol. The van der Waals surface area contributed by atoms with Crippen LogP contribution in [0.25, 0.3) is 60.7 Å². The summed E-state index contributed by atoms with van der Waals surface area (Å²) >= 11 is 1.88. The first-order chi connectivity index (χ1) is 28.7. The van der Waals surface area contributed by atoms with Crippen molar-refractivity contribution in [3.8, 4) is 11.4 Å². The molecule has 1 unspecified atom stereocenters. The van der Waals surface area contributed by atoms with Crippen LogP contribution in [-0.4, -0.2) is 21.6 Å². The Morgan fingerprint density at radius 3 is 1.97 bits per heavy atom. The highest BCUT2D eigenvalue weighted by Gasteiger charge is 2.50. The van der Waals surface area contributed by atoms with Gasteiger partial charge in [0.05, 0.1) is 44.6 Å². The maximum Gasteiger partial charge on any atom is 0.0765 e. The van der Waals surface area contributed by atoms with Crippen LogP contribution in [-0.2, 0) is 5.41 Å². The van der Waals surface area contributed by atoms with Crippen LogP contribution in [0.4, 0.5) is 0 Å². The van der Waals surface area contributed by atoms with E-state index in [2.05, 4.69) is 173 Å². The van der Waals surface area contributed by atoms with E-state index in [0.717, 1.165) is 22.3 Å². The number of nitrogens with one attached hydrogen (secondary N) is 1. The zero-order chi connectivity index (χ0) is 38.5. The second-order valence-corrected chi connectivity index (χ2v) is 16.2. The van der Waals surface area contributed by atoms with Gasteiger partial charge in [0.15, 0.2) is 0 Å². The van der Waals surface area contributed by atoms with E-state index in [4.69, 9.17) is 5.41 Å². The molecule has 2 aromatic heterocycles. The fourth-order valence-corrected chi connectivity index (χ4v) is 11.3. The molecule has 0 saturated heterocycles. The van der Waals surface area contributed by atoms with Gasteiger partial charge in [-0.25, -0.2) is 0 Å². The number of nitrogens with zero attached hydrogens (tertiary/aromatic N) is 3. The topological polar surface area (TPSA) is 46.1 Å². The Bertz CT molecular complexity index is 3420. The molecule has 2 aliphatic rings. The van der Waals surface area contributed by atoms with Crippen LogP contribution in [0.3, 0.4) is 0 Å². The summed E-state index contributed by atoms with van der Waals surface area (Å²) in [5, 5.41) is 13.8. The van der Waals surface area contributed by atoms with Crippen molar-refractivity contribution in [2.75, 3.05) is 0 Å². The van der Waals surface area contributed by atoms with Crippen LogP contribution in [0.2, 0.25) is 0 Å². The van der Waals surface area contributed by atoms with Gasteiger partial charge in [0.2, 0.25) is 0 Å². The van der Waals surface area contributed by atoms with Crippen LogP contribution >= 0.6 is 11.8 Å². The summed E-state index contributed by atoms with van der Waals surface area (Å²) in [6, 6.07) is 65.7. The first-order valence-electron chi connectivity index (χ1n) is 19.6. The van der Waals surface area contributed by atoms with Gasteiger partial charge in [-0.1, -0.05) is 157 Å². The van der Waals surface area contributed by atoms with Gasteiger partial charge in [0, 0.05) is 42.6 Å². The Morgan fingerprint density at radius 1 is 0.534 bits per heavy atom. The molecule has 8 aromatic carbocycles. The number of benzene rings is 8. The summed E-state index contributed by atoms with van der Waals surface area (Å²) in [7, 11) is 0. The zero-order valence-electron chi connectivity index (χ0n) is 31.4. The van der Waals surface area contributed by atoms with E-state index < -0.39 is 5.41 Å². The van der Waals surface area contributed by atoms with E-state index in [0.29, 0.717) is 11.4 Å². The van der Waals surface area contributed by atoms with Gasteiger partial charge in [-0.2, -0.15) is 0 Å². The number of para-hydroxylation sites is 4. The number of allylic oxidation sites excluding steroid dienone is 1. The lowest BCUT2D eigenvalue weighted by atomic mass is 9.62. The normalized spacial score (nSPS) is 15.5. The van der Waals surface area contributed by atoms with E-state index in [-0.39, 0.29) is 0 Å². The van der Waals surface area contributed by atoms with Gasteiger partial charge < -0.3 is 14.5 Å². The Labute approximate surface area is 339 Å². The fourth-order valence-electron chi connectivity index (χ4n) is 9.96. The smallest absolute Gasteiger partial charge is 0.0765 e. The van der Waals surface area contributed by atoms with Crippen LogP contribution < -0.4 is 0 Å². The van der Waals surface area contributed by atoms with Crippen LogP contribution in [0.15, 0.2) is 203 Å². The van der Waals surface area contributed by atoms with Gasteiger partial charge >= 0.3 is 0 Å². The standard InChI is InChI=1S/C53H34N4S/c1-55-45(32-44(54)33-15-3-2-4-16-33)34-17-13-18-35(31-34)56-46-25-9-5-20-37(46)39-29-30-43-52(51(39)56)58-49-28-12-8-23-41(49)53(43)40-22-7-11-27-48(40)57-47-26-10-6-19-36(47)38-21-14-24-42(53)50(38)57/h2-32,54H,1H2/b45-32-,54-44?. The molecule has 0 amide bonds. The Morgan fingerprint density at radius 2 is 1.16 bits per heavy atom. The molecule has 0 bridgehead atoms. The lowest BCUT2D eigenvalue weighted by Crippen LogP contribution is -2.37. The van der Waals surface area contributed by atoms with E-state index in [1.807, 2.05) is 48.2 Å². The monoisotopic (exact) mass is 758 g/mol. The van der Waals surface area contributed by atoms with Crippen molar-refractivity contribution in [1.29, 1.82) is 5.41 Å². The number of hydrogen-bond donors (Lipinski definition) is 1. The van der Waals surface area contributed by atoms with Gasteiger partial charge in [-0.15, -0.1) is 0 Å². The molecule has 12 rings (SSSR count). The lowest BCUT2D eigenvalue weighted by molar-refractivity contribution is 0.691. The molecule has 1 atom stereocenters. The Hall–Kier alpha value is -7.21. The fraction of sp³-hybridized carbons (Fsp3) is 0.0189. The molecule has 4 nitrogen and oxygen atoms in total. The molecular formula is C53H34N4S. The maximum atomic E-state index is 8.88. The molecule has 0 fully saturated rings. The number of hydrogen-bond acceptors (Lipinski definition) is 3. The summed E-state index contributed by atoms with van der Waals surface area (Å²) in [6.45, 7) is 3.94. The first-order valence-corrected chi connectivity index (χ1v) is 20.4. The molecule has 272 valence electrons. The maximum absolute atomic E-state index is 8.88. The highest BCUT2D eigenvalue weighted by Crippen LogP contribution is 2.62. The molecule has 10 aromatic rings.